The summed E-state index contributed by atoms with van der Waals surface area (Å²) in [6.07, 6.45) is 3.51. The molecule has 0 saturated heterocycles. The molecule has 6 nitrogen and oxygen atoms in total. The van der Waals surface area contributed by atoms with Gasteiger partial charge in [-0.25, -0.2) is 13.2 Å². The van der Waals surface area contributed by atoms with Gasteiger partial charge in [-0.2, -0.15) is 0 Å². The van der Waals surface area contributed by atoms with Crippen LogP contribution < -0.4 is 5.32 Å². The van der Waals surface area contributed by atoms with Crippen LogP contribution in [-0.2, 0) is 14.6 Å². The van der Waals surface area contributed by atoms with E-state index in [4.69, 9.17) is 5.11 Å². The van der Waals surface area contributed by atoms with Gasteiger partial charge in [0, 0.05) is 24.4 Å². The van der Waals surface area contributed by atoms with Crippen molar-refractivity contribution in [2.24, 2.45) is 0 Å². The van der Waals surface area contributed by atoms with Crippen LogP contribution in [0.2, 0.25) is 0 Å². The van der Waals surface area contributed by atoms with Gasteiger partial charge in [0.05, 0.1) is 5.75 Å². The summed E-state index contributed by atoms with van der Waals surface area (Å²) < 4.78 is 21.8. The van der Waals surface area contributed by atoms with Crippen LogP contribution in [0.15, 0.2) is 30.3 Å². The first-order valence-electron chi connectivity index (χ1n) is 5.75. The fourth-order valence-electron chi connectivity index (χ4n) is 1.37. The van der Waals surface area contributed by atoms with Crippen molar-refractivity contribution in [3.8, 4) is 0 Å². The predicted molar refractivity (Wildman–Crippen MR) is 75.2 cm³/mol. The maximum Gasteiger partial charge on any atom is 0.328 e. The summed E-state index contributed by atoms with van der Waals surface area (Å²) >= 11 is 0. The Morgan fingerprint density at radius 2 is 1.85 bits per heavy atom. The minimum Gasteiger partial charge on any atom is -0.478 e. The summed E-state index contributed by atoms with van der Waals surface area (Å²) in [6, 6.07) is 6.28. The highest BCUT2D eigenvalue weighted by Crippen LogP contribution is 2.06. The quantitative estimate of drug-likeness (QED) is 0.747. The molecule has 0 bridgehead atoms. The maximum atomic E-state index is 11.7. The number of carbonyl (C=O) groups is 2. The molecule has 0 heterocycles. The van der Waals surface area contributed by atoms with Crippen LogP contribution in [0.25, 0.3) is 6.08 Å². The topological polar surface area (TPSA) is 101 Å². The molecule has 0 unspecified atom stereocenters. The number of aliphatic carboxylic acids is 1. The average Bonchev–Trinajstić information content (AvgIpc) is 2.35. The lowest BCUT2D eigenvalue weighted by Crippen LogP contribution is -2.28. The highest BCUT2D eigenvalue weighted by atomic mass is 32.2. The molecule has 0 spiro atoms. The third-order valence-corrected chi connectivity index (χ3v) is 3.30. The van der Waals surface area contributed by atoms with E-state index in [1.165, 1.54) is 18.2 Å². The van der Waals surface area contributed by atoms with Crippen LogP contribution in [0.1, 0.15) is 15.9 Å². The molecule has 2 N–H and O–H groups in total. The number of carboxylic acids is 1. The molecule has 1 aromatic carbocycles. The molecule has 20 heavy (non-hydrogen) atoms. The van der Waals surface area contributed by atoms with Gasteiger partial charge in [0.15, 0.2) is 0 Å². The number of carboxylic acid groups (broad SMARTS) is 1. The normalized spacial score (nSPS) is 11.4. The molecule has 0 atom stereocenters. The molecule has 1 rings (SSSR count). The molecule has 0 saturated carbocycles. The molecule has 0 radical (unpaired) electrons. The second-order valence-electron chi connectivity index (χ2n) is 4.18. The zero-order valence-electron chi connectivity index (χ0n) is 10.9. The lowest BCUT2D eigenvalue weighted by atomic mass is 10.1. The van der Waals surface area contributed by atoms with Gasteiger partial charge in [-0.3, -0.25) is 4.79 Å². The van der Waals surface area contributed by atoms with E-state index in [2.05, 4.69) is 5.32 Å². The first-order chi connectivity index (χ1) is 9.28. The fraction of sp³-hybridized carbons (Fsp3) is 0.231. The number of rotatable bonds is 6. The van der Waals surface area contributed by atoms with Crippen molar-refractivity contribution >= 4 is 27.8 Å². The van der Waals surface area contributed by atoms with E-state index in [1.807, 2.05) is 0 Å². The van der Waals surface area contributed by atoms with E-state index in [0.717, 1.165) is 12.3 Å². The lowest BCUT2D eigenvalue weighted by molar-refractivity contribution is -0.131. The van der Waals surface area contributed by atoms with Crippen molar-refractivity contribution in [2.45, 2.75) is 0 Å². The second kappa shape index (κ2) is 6.85. The largest absolute Gasteiger partial charge is 0.478 e. The summed E-state index contributed by atoms with van der Waals surface area (Å²) in [5.41, 5.74) is 1.03. The number of benzene rings is 1. The number of carbonyl (C=O) groups excluding carboxylic acids is 1. The van der Waals surface area contributed by atoms with Crippen molar-refractivity contribution in [2.75, 3.05) is 18.6 Å². The van der Waals surface area contributed by atoms with Gasteiger partial charge in [-0.1, -0.05) is 12.1 Å². The van der Waals surface area contributed by atoms with Gasteiger partial charge < -0.3 is 10.4 Å². The highest BCUT2D eigenvalue weighted by molar-refractivity contribution is 7.90. The predicted octanol–water partition coefficient (Wildman–Crippen LogP) is 0.559. The molecule has 1 amide bonds. The molecule has 1 aromatic rings. The Hall–Kier alpha value is -2.15. The summed E-state index contributed by atoms with van der Waals surface area (Å²) in [4.78, 5) is 22.0. The molecule has 0 aliphatic carbocycles. The average molecular weight is 297 g/mol. The van der Waals surface area contributed by atoms with Gasteiger partial charge in [0.2, 0.25) is 0 Å². The van der Waals surface area contributed by atoms with Crippen LogP contribution >= 0.6 is 0 Å². The molecule has 0 aliphatic rings. The first kappa shape index (κ1) is 15.9. The Kier molecular flexibility index (Phi) is 5.45. The van der Waals surface area contributed by atoms with E-state index >= 15 is 0 Å². The summed E-state index contributed by atoms with van der Waals surface area (Å²) in [6.45, 7) is 0.0539. The summed E-state index contributed by atoms with van der Waals surface area (Å²) in [5.74, 6) is -1.53. The standard InChI is InChI=1S/C13H15NO5S/c1-20(18,19)9-8-14-13(17)11-5-2-10(3-6-11)4-7-12(15)16/h2-7H,8-9H2,1H3,(H,14,17)(H,15,16). The summed E-state index contributed by atoms with van der Waals surface area (Å²) in [7, 11) is -3.10. The minimum atomic E-state index is -3.10. The smallest absolute Gasteiger partial charge is 0.328 e. The van der Waals surface area contributed by atoms with Crippen LogP contribution in [0.3, 0.4) is 0 Å². The van der Waals surface area contributed by atoms with E-state index in [-0.39, 0.29) is 18.2 Å². The number of amides is 1. The van der Waals surface area contributed by atoms with Gasteiger partial charge in [-0.15, -0.1) is 0 Å². The Balaban J connectivity index is 2.60. The Morgan fingerprint density at radius 3 is 2.35 bits per heavy atom. The molecule has 0 fully saturated rings. The molecular formula is C13H15NO5S. The van der Waals surface area contributed by atoms with Crippen molar-refractivity contribution in [1.82, 2.24) is 5.32 Å². The van der Waals surface area contributed by atoms with Crippen LogP contribution in [0, 0.1) is 0 Å². The van der Waals surface area contributed by atoms with E-state index in [1.54, 1.807) is 12.1 Å². The van der Waals surface area contributed by atoms with E-state index in [0.29, 0.717) is 11.1 Å². The van der Waals surface area contributed by atoms with E-state index in [9.17, 15) is 18.0 Å². The maximum absolute atomic E-state index is 11.7. The molecule has 0 aliphatic heterocycles. The van der Waals surface area contributed by atoms with Gasteiger partial charge in [0.1, 0.15) is 9.84 Å². The minimum absolute atomic E-state index is 0.0539. The molecule has 108 valence electrons. The third-order valence-electron chi connectivity index (χ3n) is 2.35. The van der Waals surface area contributed by atoms with Crippen LogP contribution in [0.5, 0.6) is 0 Å². The zero-order chi connectivity index (χ0) is 15.2. The van der Waals surface area contributed by atoms with Crippen molar-refractivity contribution in [3.05, 3.63) is 41.5 Å². The number of sulfone groups is 1. The van der Waals surface area contributed by atoms with E-state index < -0.39 is 15.8 Å². The van der Waals surface area contributed by atoms with Crippen molar-refractivity contribution in [1.29, 1.82) is 0 Å². The van der Waals surface area contributed by atoms with Crippen LogP contribution in [-0.4, -0.2) is 44.0 Å². The Bertz CT molecular complexity index is 617. The third kappa shape index (κ3) is 6.14. The second-order valence-corrected chi connectivity index (χ2v) is 6.44. The monoisotopic (exact) mass is 297 g/mol. The molecule has 0 aromatic heterocycles. The van der Waals surface area contributed by atoms with Crippen molar-refractivity contribution in [3.63, 3.8) is 0 Å². The first-order valence-corrected chi connectivity index (χ1v) is 7.81. The SMILES string of the molecule is CS(=O)(=O)CCNC(=O)c1ccc(C=CC(=O)O)cc1. The zero-order valence-corrected chi connectivity index (χ0v) is 11.7. The van der Waals surface area contributed by atoms with Gasteiger partial charge in [0.25, 0.3) is 5.91 Å². The Morgan fingerprint density at radius 1 is 1.25 bits per heavy atom. The molecule has 7 heteroatoms. The van der Waals surface area contributed by atoms with Crippen molar-refractivity contribution < 1.29 is 23.1 Å². The Labute approximate surface area is 117 Å². The van der Waals surface area contributed by atoms with Gasteiger partial charge in [-0.05, 0) is 23.8 Å². The number of hydrogen-bond acceptors (Lipinski definition) is 4. The lowest BCUT2D eigenvalue weighted by Gasteiger charge is -2.04. The fourth-order valence-corrected chi connectivity index (χ4v) is 1.84. The number of hydrogen-bond donors (Lipinski definition) is 2. The summed E-state index contributed by atoms with van der Waals surface area (Å²) in [5, 5.41) is 11.0. The number of nitrogens with one attached hydrogen (secondary N) is 1. The van der Waals surface area contributed by atoms with Gasteiger partial charge >= 0.3 is 5.97 Å². The highest BCUT2D eigenvalue weighted by Gasteiger charge is 2.07. The molecular weight excluding hydrogens is 282 g/mol. The van der Waals surface area contributed by atoms with Crippen LogP contribution in [0.4, 0.5) is 0 Å².